The molecule has 4 aromatic carbocycles. The van der Waals surface area contributed by atoms with E-state index < -0.39 is 0 Å². The fourth-order valence-corrected chi connectivity index (χ4v) is 11.3. The van der Waals surface area contributed by atoms with E-state index in [0.717, 1.165) is 0 Å². The molecule has 170 valence electrons. The maximum absolute atomic E-state index is 3.89. The zero-order valence-corrected chi connectivity index (χ0v) is 23.4. The van der Waals surface area contributed by atoms with Gasteiger partial charge in [0.15, 0.2) is 0 Å². The zero-order valence-electron chi connectivity index (χ0n) is 20.0. The maximum atomic E-state index is 3.89. The standard InChI is InChI=1S/C31H21BN2Se2/c1-18-13-14-19-20-16-28-22(17-23(20)33-31(19)29(18)24-9-5-6-15-34(24)2)32-21-8-3-4-10-25(21)35-26-11-7-12-27(36-28)30(26)32/h3-17H,1-2H3/p+1. The molecule has 0 fully saturated rings. The van der Waals surface area contributed by atoms with Crippen molar-refractivity contribution in [2.75, 3.05) is 0 Å². The van der Waals surface area contributed by atoms with Gasteiger partial charge in [0, 0.05) is 0 Å². The minimum absolute atomic E-state index is 0.316. The van der Waals surface area contributed by atoms with E-state index in [9.17, 15) is 0 Å². The summed E-state index contributed by atoms with van der Waals surface area (Å²) in [4.78, 5) is 3.89. The Morgan fingerprint density at radius 2 is 1.50 bits per heavy atom. The first kappa shape index (κ1) is 21.1. The average Bonchev–Trinajstić information content (AvgIpc) is 3.25. The molecular weight excluding hydrogens is 569 g/mol. The van der Waals surface area contributed by atoms with Crippen LogP contribution in [0.25, 0.3) is 33.1 Å². The molecule has 0 saturated heterocycles. The molecule has 2 aliphatic rings. The molecule has 5 heteroatoms. The molecule has 36 heavy (non-hydrogen) atoms. The molecule has 2 aliphatic heterocycles. The number of aromatic amines is 1. The zero-order chi connectivity index (χ0) is 24.0. The van der Waals surface area contributed by atoms with Crippen molar-refractivity contribution in [2.45, 2.75) is 6.92 Å². The fourth-order valence-electron chi connectivity index (χ4n) is 6.06. The van der Waals surface area contributed by atoms with Gasteiger partial charge in [0.05, 0.1) is 0 Å². The van der Waals surface area contributed by atoms with Crippen LogP contribution in [0, 0.1) is 6.92 Å². The molecule has 0 amide bonds. The van der Waals surface area contributed by atoms with Gasteiger partial charge < -0.3 is 0 Å². The summed E-state index contributed by atoms with van der Waals surface area (Å²) < 4.78 is 8.43. The molecule has 0 aliphatic carbocycles. The number of benzene rings is 4. The fraction of sp³-hybridized carbons (Fsp3) is 0.0645. The summed E-state index contributed by atoms with van der Waals surface area (Å²) in [6.45, 7) is 2.57. The van der Waals surface area contributed by atoms with E-state index in [1.807, 2.05) is 0 Å². The number of pyridine rings is 1. The first-order chi connectivity index (χ1) is 17.7. The average molecular weight is 591 g/mol. The molecule has 0 spiro atoms. The number of nitrogens with zero attached hydrogens (tertiary/aromatic N) is 1. The third kappa shape index (κ3) is 2.89. The van der Waals surface area contributed by atoms with Crippen molar-refractivity contribution in [2.24, 2.45) is 7.05 Å². The molecule has 2 aromatic heterocycles. The van der Waals surface area contributed by atoms with Gasteiger partial charge in [-0.2, -0.15) is 0 Å². The summed E-state index contributed by atoms with van der Waals surface area (Å²) in [6.07, 6.45) is 2.13. The number of H-pyrrole nitrogens is 1. The molecule has 4 heterocycles. The van der Waals surface area contributed by atoms with Crippen molar-refractivity contribution in [1.82, 2.24) is 4.98 Å². The van der Waals surface area contributed by atoms with Gasteiger partial charge in [0.1, 0.15) is 0 Å². The van der Waals surface area contributed by atoms with E-state index in [2.05, 4.69) is 115 Å². The van der Waals surface area contributed by atoms with Crippen LogP contribution in [0.15, 0.2) is 91.1 Å². The number of aromatic nitrogens is 2. The molecule has 2 nitrogen and oxygen atoms in total. The van der Waals surface area contributed by atoms with Crippen molar-refractivity contribution in [3.8, 4) is 11.3 Å². The Bertz CT molecular complexity index is 1890. The van der Waals surface area contributed by atoms with Crippen molar-refractivity contribution in [3.05, 3.63) is 96.7 Å². The predicted octanol–water partition coefficient (Wildman–Crippen LogP) is 0.574. The van der Waals surface area contributed by atoms with E-state index in [1.54, 1.807) is 14.4 Å². The number of rotatable bonds is 1. The molecule has 8 rings (SSSR count). The van der Waals surface area contributed by atoms with Gasteiger partial charge in [-0.3, -0.25) is 0 Å². The number of aryl methyl sites for hydroxylation is 2. The monoisotopic (exact) mass is 593 g/mol. The Balaban J connectivity index is 1.43. The summed E-state index contributed by atoms with van der Waals surface area (Å²) in [5.74, 6) is 0. The number of hydrogen-bond acceptors (Lipinski definition) is 0. The van der Waals surface area contributed by atoms with E-state index in [0.29, 0.717) is 36.6 Å². The van der Waals surface area contributed by atoms with Crippen molar-refractivity contribution in [3.63, 3.8) is 0 Å². The third-order valence-electron chi connectivity index (χ3n) is 7.72. The van der Waals surface area contributed by atoms with Crippen molar-refractivity contribution >= 4 is 92.7 Å². The summed E-state index contributed by atoms with van der Waals surface area (Å²) in [7, 11) is 2.13. The Morgan fingerprint density at radius 3 is 2.36 bits per heavy atom. The van der Waals surface area contributed by atoms with Crippen LogP contribution in [-0.4, -0.2) is 41.6 Å². The second kappa shape index (κ2) is 7.72. The number of hydrogen-bond donors (Lipinski definition) is 1. The molecule has 6 aromatic rings. The Labute approximate surface area is 223 Å². The van der Waals surface area contributed by atoms with Gasteiger partial charge in [-0.25, -0.2) is 0 Å². The van der Waals surface area contributed by atoms with Crippen molar-refractivity contribution in [1.29, 1.82) is 0 Å². The molecule has 0 bridgehead atoms. The second-order valence-corrected chi connectivity index (χ2v) is 14.3. The van der Waals surface area contributed by atoms with E-state index in [-0.39, 0.29) is 0 Å². The normalized spacial score (nSPS) is 13.6. The summed E-state index contributed by atoms with van der Waals surface area (Å²) in [5, 5.41) is 2.67. The van der Waals surface area contributed by atoms with Crippen LogP contribution < -0.4 is 38.8 Å². The number of fused-ring (bicyclic) bond motifs is 7. The van der Waals surface area contributed by atoms with Gasteiger partial charge in [0.25, 0.3) is 0 Å². The molecule has 0 saturated carbocycles. The summed E-state index contributed by atoms with van der Waals surface area (Å²) in [5.41, 5.74) is 10.9. The van der Waals surface area contributed by atoms with Gasteiger partial charge in [0.2, 0.25) is 0 Å². The van der Waals surface area contributed by atoms with Crippen LogP contribution in [0.4, 0.5) is 0 Å². The first-order valence-electron chi connectivity index (χ1n) is 12.3. The molecule has 1 N–H and O–H groups in total. The van der Waals surface area contributed by atoms with E-state index >= 15 is 0 Å². The predicted molar refractivity (Wildman–Crippen MR) is 155 cm³/mol. The van der Waals surface area contributed by atoms with Gasteiger partial charge in [-0.15, -0.1) is 0 Å². The SMILES string of the molecule is Cc1ccc2c([nH]c3cc4c(cc32)[Se]c2cccc3c2B4c2ccccc2[Se]3)c1-c1cccc[n+]1C. The van der Waals surface area contributed by atoms with Crippen molar-refractivity contribution < 1.29 is 4.57 Å². The van der Waals surface area contributed by atoms with E-state index in [4.69, 9.17) is 0 Å². The molecular formula is C31H22BN2Se2+. The van der Waals surface area contributed by atoms with Crippen LogP contribution in [0.3, 0.4) is 0 Å². The van der Waals surface area contributed by atoms with Gasteiger partial charge >= 0.3 is 224 Å². The van der Waals surface area contributed by atoms with Crippen LogP contribution in [0.2, 0.25) is 0 Å². The molecule has 0 atom stereocenters. The third-order valence-corrected chi connectivity index (χ3v) is 12.6. The first-order valence-corrected chi connectivity index (χ1v) is 15.7. The summed E-state index contributed by atoms with van der Waals surface area (Å²) >= 11 is 0.700. The summed E-state index contributed by atoms with van der Waals surface area (Å²) in [6, 6.07) is 32.2. The second-order valence-electron chi connectivity index (χ2n) is 9.78. The van der Waals surface area contributed by atoms with Gasteiger partial charge in [-0.05, 0) is 0 Å². The van der Waals surface area contributed by atoms with E-state index in [1.165, 1.54) is 58.5 Å². The minimum atomic E-state index is 0.316. The molecule has 0 unspecified atom stereocenters. The van der Waals surface area contributed by atoms with Gasteiger partial charge in [-0.1, -0.05) is 0 Å². The number of nitrogens with one attached hydrogen (secondary N) is 1. The topological polar surface area (TPSA) is 19.7 Å². The van der Waals surface area contributed by atoms with Crippen LogP contribution in [0.1, 0.15) is 5.56 Å². The Morgan fingerprint density at radius 1 is 0.722 bits per heavy atom. The van der Waals surface area contributed by atoms with Crippen LogP contribution in [0.5, 0.6) is 0 Å². The molecule has 0 radical (unpaired) electrons. The van der Waals surface area contributed by atoms with Crippen LogP contribution in [-0.2, 0) is 7.05 Å². The quantitative estimate of drug-likeness (QED) is 0.213. The Hall–Kier alpha value is -3.07. The van der Waals surface area contributed by atoms with Crippen LogP contribution >= 0.6 is 0 Å². The Kier molecular flexibility index (Phi) is 4.51.